The average Bonchev–Trinajstić information content (AvgIpc) is 2.72. The lowest BCUT2D eigenvalue weighted by atomic mass is 9.99. The zero-order chi connectivity index (χ0) is 25.6. The maximum Gasteiger partial charge on any atom is 0.326 e. The summed E-state index contributed by atoms with van der Waals surface area (Å²) in [5.74, 6) is -2.10. The molecule has 0 heterocycles. The lowest BCUT2D eigenvalue weighted by Gasteiger charge is -2.27. The lowest BCUT2D eigenvalue weighted by molar-refractivity contribution is -0.142. The Hall–Kier alpha value is -1.85. The number of carbonyl (C=O) groups excluding carboxylic acids is 3. The van der Waals surface area contributed by atoms with E-state index >= 15 is 0 Å². The summed E-state index contributed by atoms with van der Waals surface area (Å²) in [7, 11) is 0. The fraction of sp³-hybridized carbons (Fsp3) is 0.818. The van der Waals surface area contributed by atoms with Crippen LogP contribution in [-0.2, 0) is 19.2 Å². The molecule has 0 aliphatic rings. The smallest absolute Gasteiger partial charge is 0.326 e. The van der Waals surface area contributed by atoms with Gasteiger partial charge in [-0.25, -0.2) is 4.79 Å². The summed E-state index contributed by atoms with van der Waals surface area (Å²) in [6.45, 7) is 7.91. The second kappa shape index (κ2) is 16.7. The van der Waals surface area contributed by atoms with Crippen molar-refractivity contribution in [2.75, 3.05) is 18.6 Å². The molecule has 8 N–H and O–H groups in total. The van der Waals surface area contributed by atoms with Crippen molar-refractivity contribution in [3.05, 3.63) is 0 Å². The molecule has 0 fully saturated rings. The van der Waals surface area contributed by atoms with Crippen molar-refractivity contribution < 1.29 is 24.3 Å². The van der Waals surface area contributed by atoms with E-state index in [9.17, 15) is 24.3 Å². The van der Waals surface area contributed by atoms with Gasteiger partial charge in [-0.3, -0.25) is 14.4 Å². The Morgan fingerprint density at radius 3 is 1.97 bits per heavy atom. The molecule has 4 unspecified atom stereocenters. The number of nitrogens with one attached hydrogen (secondary N) is 3. The second-order valence-corrected chi connectivity index (χ2v) is 9.98. The van der Waals surface area contributed by atoms with Crippen LogP contribution in [-0.4, -0.2) is 71.5 Å². The molecule has 33 heavy (non-hydrogen) atoms. The Morgan fingerprint density at radius 1 is 0.879 bits per heavy atom. The molecule has 0 aliphatic heterocycles. The van der Waals surface area contributed by atoms with Gasteiger partial charge in [0.2, 0.25) is 17.7 Å². The third-order valence-electron chi connectivity index (χ3n) is 5.11. The van der Waals surface area contributed by atoms with Gasteiger partial charge in [0.1, 0.15) is 18.1 Å². The maximum atomic E-state index is 13.0. The molecule has 0 aliphatic carbocycles. The van der Waals surface area contributed by atoms with Gasteiger partial charge >= 0.3 is 5.97 Å². The first-order valence-electron chi connectivity index (χ1n) is 11.5. The minimum absolute atomic E-state index is 0.223. The van der Waals surface area contributed by atoms with Crippen LogP contribution in [0.1, 0.15) is 59.8 Å². The quantitative estimate of drug-likeness (QED) is 0.159. The summed E-state index contributed by atoms with van der Waals surface area (Å²) < 4.78 is 0. The summed E-state index contributed by atoms with van der Waals surface area (Å²) in [6.07, 6.45) is 4.14. The average molecular weight is 490 g/mol. The van der Waals surface area contributed by atoms with Gasteiger partial charge in [0.05, 0.1) is 6.04 Å². The summed E-state index contributed by atoms with van der Waals surface area (Å²) in [6, 6.07) is -3.61. The molecule has 11 heteroatoms. The number of rotatable bonds is 17. The van der Waals surface area contributed by atoms with Crippen molar-refractivity contribution in [3.63, 3.8) is 0 Å². The molecule has 4 atom stereocenters. The van der Waals surface area contributed by atoms with E-state index in [4.69, 9.17) is 11.5 Å². The molecule has 0 bridgehead atoms. The summed E-state index contributed by atoms with van der Waals surface area (Å²) >= 11 is 1.48. The largest absolute Gasteiger partial charge is 0.480 e. The van der Waals surface area contributed by atoms with Crippen LogP contribution in [0.5, 0.6) is 0 Å². The van der Waals surface area contributed by atoms with E-state index in [2.05, 4.69) is 16.0 Å². The van der Waals surface area contributed by atoms with E-state index in [1.165, 1.54) is 11.8 Å². The highest BCUT2D eigenvalue weighted by molar-refractivity contribution is 7.98. The van der Waals surface area contributed by atoms with E-state index < -0.39 is 47.9 Å². The van der Waals surface area contributed by atoms with Crippen LogP contribution < -0.4 is 27.4 Å². The molecule has 0 aromatic heterocycles. The SMILES string of the molecule is CSCCC(NC(=O)C(CCCCN)NC(=O)C(NC(=O)C(N)CC(C)C)C(C)C)C(=O)O. The van der Waals surface area contributed by atoms with E-state index in [-0.39, 0.29) is 18.3 Å². The second-order valence-electron chi connectivity index (χ2n) is 8.99. The highest BCUT2D eigenvalue weighted by Crippen LogP contribution is 2.09. The van der Waals surface area contributed by atoms with Crippen molar-refractivity contribution >= 4 is 35.5 Å². The molecule has 0 saturated carbocycles. The number of nitrogens with two attached hydrogens (primary N) is 2. The number of carboxylic acid groups (broad SMARTS) is 1. The van der Waals surface area contributed by atoms with Crippen molar-refractivity contribution in [2.45, 2.75) is 84.0 Å². The summed E-state index contributed by atoms with van der Waals surface area (Å²) in [5, 5.41) is 17.3. The van der Waals surface area contributed by atoms with E-state index in [0.29, 0.717) is 38.0 Å². The van der Waals surface area contributed by atoms with E-state index in [1.807, 2.05) is 20.1 Å². The highest BCUT2D eigenvalue weighted by Gasteiger charge is 2.31. The lowest BCUT2D eigenvalue weighted by Crippen LogP contribution is -2.58. The molecule has 0 aromatic carbocycles. The molecule has 192 valence electrons. The van der Waals surface area contributed by atoms with Gasteiger partial charge in [0, 0.05) is 0 Å². The van der Waals surface area contributed by atoms with Crippen LogP contribution in [0.4, 0.5) is 0 Å². The zero-order valence-corrected chi connectivity index (χ0v) is 21.4. The summed E-state index contributed by atoms with van der Waals surface area (Å²) in [4.78, 5) is 49.9. The van der Waals surface area contributed by atoms with Gasteiger partial charge in [-0.05, 0) is 62.5 Å². The molecular formula is C22H43N5O5S. The zero-order valence-electron chi connectivity index (χ0n) is 20.6. The predicted octanol–water partition coefficient (Wildman–Crippen LogP) is 0.437. The van der Waals surface area contributed by atoms with Crippen LogP contribution in [0.25, 0.3) is 0 Å². The fourth-order valence-corrected chi connectivity index (χ4v) is 3.67. The third-order valence-corrected chi connectivity index (χ3v) is 5.76. The number of aliphatic carboxylic acids is 1. The minimum atomic E-state index is -1.13. The number of carbonyl (C=O) groups is 4. The molecular weight excluding hydrogens is 446 g/mol. The number of hydrogen-bond acceptors (Lipinski definition) is 7. The van der Waals surface area contributed by atoms with Crippen LogP contribution in [0.3, 0.4) is 0 Å². The molecule has 3 amide bonds. The number of hydrogen-bond donors (Lipinski definition) is 6. The van der Waals surface area contributed by atoms with E-state index in [1.54, 1.807) is 13.8 Å². The Balaban J connectivity index is 5.39. The molecule has 0 aromatic rings. The van der Waals surface area contributed by atoms with Gasteiger partial charge in [0.25, 0.3) is 0 Å². The van der Waals surface area contributed by atoms with Crippen LogP contribution >= 0.6 is 11.8 Å². The topological polar surface area (TPSA) is 177 Å². The van der Waals surface area contributed by atoms with Gasteiger partial charge < -0.3 is 32.5 Å². The Bertz CT molecular complexity index is 632. The minimum Gasteiger partial charge on any atom is -0.480 e. The Kier molecular flexibility index (Phi) is 15.8. The highest BCUT2D eigenvalue weighted by atomic mass is 32.2. The molecule has 0 rings (SSSR count). The van der Waals surface area contributed by atoms with Crippen molar-refractivity contribution in [3.8, 4) is 0 Å². The van der Waals surface area contributed by atoms with Crippen LogP contribution in [0.15, 0.2) is 0 Å². The first-order chi connectivity index (χ1) is 15.4. The van der Waals surface area contributed by atoms with Gasteiger partial charge in [-0.2, -0.15) is 11.8 Å². The number of carboxylic acids is 1. The predicted molar refractivity (Wildman–Crippen MR) is 132 cm³/mol. The van der Waals surface area contributed by atoms with E-state index in [0.717, 1.165) is 0 Å². The van der Waals surface area contributed by atoms with Crippen LogP contribution in [0, 0.1) is 11.8 Å². The number of unbranched alkanes of at least 4 members (excludes halogenated alkanes) is 1. The monoisotopic (exact) mass is 489 g/mol. The van der Waals surface area contributed by atoms with Crippen molar-refractivity contribution in [1.29, 1.82) is 0 Å². The third kappa shape index (κ3) is 12.8. The Labute approximate surface area is 201 Å². The molecule has 0 radical (unpaired) electrons. The van der Waals surface area contributed by atoms with Gasteiger partial charge in [0.15, 0.2) is 0 Å². The van der Waals surface area contributed by atoms with Crippen molar-refractivity contribution in [2.24, 2.45) is 23.3 Å². The molecule has 10 nitrogen and oxygen atoms in total. The first kappa shape index (κ1) is 31.1. The standard InChI is InChI=1S/C22H43N5O5S/c1-13(2)12-15(24)19(28)27-18(14(3)4)21(30)25-16(8-6-7-10-23)20(29)26-17(22(31)32)9-11-33-5/h13-18H,6-12,23-24H2,1-5H3,(H,25,30)(H,26,29)(H,27,28)(H,31,32). The van der Waals surface area contributed by atoms with Gasteiger partial charge in [-0.1, -0.05) is 27.7 Å². The van der Waals surface area contributed by atoms with Crippen LogP contribution in [0.2, 0.25) is 0 Å². The molecule has 0 spiro atoms. The number of amides is 3. The Morgan fingerprint density at radius 2 is 1.48 bits per heavy atom. The first-order valence-corrected chi connectivity index (χ1v) is 12.9. The fourth-order valence-electron chi connectivity index (χ4n) is 3.20. The van der Waals surface area contributed by atoms with Gasteiger partial charge in [-0.15, -0.1) is 0 Å². The maximum absolute atomic E-state index is 13.0. The number of thioether (sulfide) groups is 1. The summed E-state index contributed by atoms with van der Waals surface area (Å²) in [5.41, 5.74) is 11.5. The van der Waals surface area contributed by atoms with Crippen molar-refractivity contribution in [1.82, 2.24) is 16.0 Å². The normalized spacial score (nSPS) is 14.9. The molecule has 0 saturated heterocycles.